The molecule has 0 atom stereocenters. The van der Waals surface area contributed by atoms with Crippen molar-refractivity contribution in [1.82, 2.24) is 9.36 Å². The van der Waals surface area contributed by atoms with Gasteiger partial charge in [0.1, 0.15) is 0 Å². The molecule has 0 fully saturated rings. The molecule has 0 amide bonds. The minimum Gasteiger partial charge on any atom is -0.363 e. The third-order valence-corrected chi connectivity index (χ3v) is 3.66. The van der Waals surface area contributed by atoms with Crippen LogP contribution < -0.4 is 5.32 Å². The molecule has 0 bridgehead atoms. The number of halogens is 1. The molecule has 2 rings (SSSR count). The third kappa shape index (κ3) is 2.18. The molecule has 0 radical (unpaired) electrons. The van der Waals surface area contributed by atoms with E-state index in [4.69, 9.17) is 0 Å². The van der Waals surface area contributed by atoms with E-state index >= 15 is 0 Å². The summed E-state index contributed by atoms with van der Waals surface area (Å²) in [5, 5.41) is 3.81. The average molecular weight is 284 g/mol. The van der Waals surface area contributed by atoms with Gasteiger partial charge in [-0.25, -0.2) is 0 Å². The Hall–Kier alpha value is -0.940. The molecule has 0 aliphatic carbocycles. The smallest absolute Gasteiger partial charge is 0.202 e. The Bertz CT molecular complexity index is 481. The first-order chi connectivity index (χ1) is 7.20. The fourth-order valence-electron chi connectivity index (χ4n) is 1.17. The number of nitrogens with one attached hydrogen (secondary N) is 1. The van der Waals surface area contributed by atoms with E-state index in [0.717, 1.165) is 21.0 Å². The van der Waals surface area contributed by atoms with E-state index in [-0.39, 0.29) is 0 Å². The molecule has 1 heterocycles. The quantitative estimate of drug-likeness (QED) is 0.919. The maximum Gasteiger partial charge on any atom is 0.202 e. The monoisotopic (exact) mass is 283 g/mol. The highest BCUT2D eigenvalue weighted by atomic mass is 79.9. The predicted molar refractivity (Wildman–Crippen MR) is 67.3 cm³/mol. The predicted octanol–water partition coefficient (Wildman–Crippen LogP) is 3.32. The van der Waals surface area contributed by atoms with Crippen molar-refractivity contribution < 1.29 is 0 Å². The molecule has 1 aromatic heterocycles. The Morgan fingerprint density at radius 2 is 2.20 bits per heavy atom. The fourth-order valence-corrected chi connectivity index (χ4v) is 2.09. The van der Waals surface area contributed by atoms with E-state index in [9.17, 15) is 0 Å². The van der Waals surface area contributed by atoms with Crippen LogP contribution in [0.25, 0.3) is 11.4 Å². The van der Waals surface area contributed by atoms with Gasteiger partial charge in [-0.2, -0.15) is 9.36 Å². The normalized spacial score (nSPS) is 10.3. The molecule has 0 aliphatic rings. The lowest BCUT2D eigenvalue weighted by atomic mass is 10.1. The SMILES string of the molecule is CNc1nc(-c2ccc(C)c(Br)c2)ns1. The van der Waals surface area contributed by atoms with Crippen molar-refractivity contribution >= 4 is 32.6 Å². The topological polar surface area (TPSA) is 37.8 Å². The molecule has 78 valence electrons. The van der Waals surface area contributed by atoms with Gasteiger partial charge >= 0.3 is 0 Å². The summed E-state index contributed by atoms with van der Waals surface area (Å²) in [4.78, 5) is 4.35. The number of rotatable bonds is 2. The first kappa shape index (κ1) is 10.6. The Balaban J connectivity index is 2.40. The van der Waals surface area contributed by atoms with Crippen molar-refractivity contribution in [2.75, 3.05) is 12.4 Å². The highest BCUT2D eigenvalue weighted by Gasteiger charge is 2.06. The van der Waals surface area contributed by atoms with Crippen molar-refractivity contribution in [3.8, 4) is 11.4 Å². The number of nitrogens with zero attached hydrogens (tertiary/aromatic N) is 2. The van der Waals surface area contributed by atoms with Crippen LogP contribution in [0.3, 0.4) is 0 Å². The number of benzene rings is 1. The lowest BCUT2D eigenvalue weighted by molar-refractivity contribution is 1.30. The van der Waals surface area contributed by atoms with Crippen molar-refractivity contribution in [1.29, 1.82) is 0 Å². The van der Waals surface area contributed by atoms with Crippen LogP contribution >= 0.6 is 27.5 Å². The van der Waals surface area contributed by atoms with Gasteiger partial charge in [-0.3, -0.25) is 0 Å². The summed E-state index contributed by atoms with van der Waals surface area (Å²) in [6.07, 6.45) is 0. The van der Waals surface area contributed by atoms with Crippen molar-refractivity contribution in [2.24, 2.45) is 0 Å². The summed E-state index contributed by atoms with van der Waals surface area (Å²) in [7, 11) is 1.84. The summed E-state index contributed by atoms with van der Waals surface area (Å²) in [6.45, 7) is 2.06. The second-order valence-corrected chi connectivity index (χ2v) is 4.74. The van der Waals surface area contributed by atoms with Crippen LogP contribution in [0.1, 0.15) is 5.56 Å². The lowest BCUT2D eigenvalue weighted by Gasteiger charge is -1.99. The molecule has 0 aliphatic heterocycles. The van der Waals surface area contributed by atoms with Gasteiger partial charge < -0.3 is 5.32 Å². The Labute approximate surface area is 101 Å². The van der Waals surface area contributed by atoms with Crippen molar-refractivity contribution in [3.05, 3.63) is 28.2 Å². The molecule has 5 heteroatoms. The molecular formula is C10H10BrN3S. The van der Waals surface area contributed by atoms with Crippen molar-refractivity contribution in [2.45, 2.75) is 6.92 Å². The zero-order valence-corrected chi connectivity index (χ0v) is 10.8. The van der Waals surface area contributed by atoms with Crippen LogP contribution in [0.5, 0.6) is 0 Å². The van der Waals surface area contributed by atoms with Crippen LogP contribution in [0.15, 0.2) is 22.7 Å². The van der Waals surface area contributed by atoms with E-state index < -0.39 is 0 Å². The summed E-state index contributed by atoms with van der Waals surface area (Å²) < 4.78 is 5.36. The summed E-state index contributed by atoms with van der Waals surface area (Å²) >= 11 is 4.87. The van der Waals surface area contributed by atoms with Gasteiger partial charge in [-0.05, 0) is 18.6 Å². The maximum absolute atomic E-state index is 4.35. The summed E-state index contributed by atoms with van der Waals surface area (Å²) in [5.74, 6) is 0.769. The van der Waals surface area contributed by atoms with Gasteiger partial charge in [-0.15, -0.1) is 0 Å². The molecule has 1 N–H and O–H groups in total. The Morgan fingerprint density at radius 3 is 2.80 bits per heavy atom. The van der Waals surface area contributed by atoms with Gasteiger partial charge in [0.05, 0.1) is 0 Å². The Kier molecular flexibility index (Phi) is 3.02. The minimum absolute atomic E-state index is 0.769. The van der Waals surface area contributed by atoms with Gasteiger partial charge in [0.2, 0.25) is 5.13 Å². The van der Waals surface area contributed by atoms with Gasteiger partial charge in [0.25, 0.3) is 0 Å². The molecule has 0 unspecified atom stereocenters. The molecule has 0 saturated carbocycles. The van der Waals surface area contributed by atoms with Crippen LogP contribution in [0.4, 0.5) is 5.13 Å². The number of anilines is 1. The van der Waals surface area contributed by atoms with Gasteiger partial charge in [-0.1, -0.05) is 28.1 Å². The third-order valence-electron chi connectivity index (χ3n) is 2.07. The Morgan fingerprint density at radius 1 is 1.40 bits per heavy atom. The molecule has 15 heavy (non-hydrogen) atoms. The number of hydrogen-bond acceptors (Lipinski definition) is 4. The molecular weight excluding hydrogens is 274 g/mol. The summed E-state index contributed by atoms with van der Waals surface area (Å²) in [5.41, 5.74) is 2.24. The van der Waals surface area contributed by atoms with Crippen molar-refractivity contribution in [3.63, 3.8) is 0 Å². The molecule has 0 saturated heterocycles. The van der Waals surface area contributed by atoms with Gasteiger partial charge in [0.15, 0.2) is 5.82 Å². The minimum atomic E-state index is 0.769. The van der Waals surface area contributed by atoms with E-state index in [0.29, 0.717) is 0 Å². The second-order valence-electron chi connectivity index (χ2n) is 3.14. The lowest BCUT2D eigenvalue weighted by Crippen LogP contribution is -1.86. The zero-order valence-electron chi connectivity index (χ0n) is 8.41. The molecule has 3 nitrogen and oxygen atoms in total. The van der Waals surface area contributed by atoms with Crippen LogP contribution in [-0.4, -0.2) is 16.4 Å². The summed E-state index contributed by atoms with van der Waals surface area (Å²) in [6, 6.07) is 6.12. The fraction of sp³-hybridized carbons (Fsp3) is 0.200. The zero-order chi connectivity index (χ0) is 10.8. The van der Waals surface area contributed by atoms with E-state index in [1.165, 1.54) is 17.1 Å². The first-order valence-corrected chi connectivity index (χ1v) is 6.05. The maximum atomic E-state index is 4.35. The number of aryl methyl sites for hydroxylation is 1. The van der Waals surface area contributed by atoms with Crippen LogP contribution in [0, 0.1) is 6.92 Å². The molecule has 0 spiro atoms. The first-order valence-electron chi connectivity index (χ1n) is 4.48. The molecule has 1 aromatic carbocycles. The average Bonchev–Trinajstić information content (AvgIpc) is 2.70. The number of hydrogen-bond donors (Lipinski definition) is 1. The van der Waals surface area contributed by atoms with Crippen LogP contribution in [-0.2, 0) is 0 Å². The van der Waals surface area contributed by atoms with Crippen LogP contribution in [0.2, 0.25) is 0 Å². The van der Waals surface area contributed by atoms with E-state index in [2.05, 4.69) is 43.6 Å². The number of aromatic nitrogens is 2. The standard InChI is InChI=1S/C10H10BrN3S/c1-6-3-4-7(5-8(6)11)9-13-10(12-2)15-14-9/h3-5H,1-2H3,(H,12,13,14). The van der Waals surface area contributed by atoms with E-state index in [1.807, 2.05) is 19.2 Å². The largest absolute Gasteiger partial charge is 0.363 e. The second kappa shape index (κ2) is 4.28. The highest BCUT2D eigenvalue weighted by molar-refractivity contribution is 9.10. The molecule has 2 aromatic rings. The van der Waals surface area contributed by atoms with Gasteiger partial charge in [0, 0.05) is 28.6 Å². The van der Waals surface area contributed by atoms with E-state index in [1.54, 1.807) is 0 Å². The highest BCUT2D eigenvalue weighted by Crippen LogP contribution is 2.25.